The van der Waals surface area contributed by atoms with E-state index in [1.807, 2.05) is 20.9 Å². The molecule has 0 heterocycles. The molecule has 1 N–H and O–H groups in total. The molecule has 0 aromatic heterocycles. The first kappa shape index (κ1) is 15.5. The Morgan fingerprint density at radius 2 is 1.79 bits per heavy atom. The highest BCUT2D eigenvalue weighted by Crippen LogP contribution is 2.26. The summed E-state index contributed by atoms with van der Waals surface area (Å²) in [5.74, 6) is -0.929. The van der Waals surface area contributed by atoms with Crippen LogP contribution in [-0.4, -0.2) is 24.7 Å². The van der Waals surface area contributed by atoms with E-state index in [2.05, 4.69) is 37.8 Å². The molecule has 1 unspecified atom stereocenters. The average Bonchev–Trinajstić information content (AvgIpc) is 2.32. The number of carboxylic acid groups (broad SMARTS) is 1. The predicted molar refractivity (Wildman–Crippen MR) is 79.9 cm³/mol. The molecule has 19 heavy (non-hydrogen) atoms. The lowest BCUT2D eigenvalue weighted by atomic mass is 9.94. The van der Waals surface area contributed by atoms with Gasteiger partial charge in [-0.05, 0) is 49.4 Å². The van der Waals surface area contributed by atoms with Crippen molar-refractivity contribution in [2.45, 2.75) is 34.6 Å². The molecule has 106 valence electrons. The summed E-state index contributed by atoms with van der Waals surface area (Å²) < 4.78 is 0. The van der Waals surface area contributed by atoms with Crippen molar-refractivity contribution in [3.05, 3.63) is 28.8 Å². The van der Waals surface area contributed by atoms with Gasteiger partial charge in [0.15, 0.2) is 0 Å². The fourth-order valence-electron chi connectivity index (χ4n) is 2.32. The van der Waals surface area contributed by atoms with Gasteiger partial charge in [0.25, 0.3) is 0 Å². The first-order chi connectivity index (χ1) is 8.75. The standard InChI is InChI=1S/C16H25NO2/c1-10(2)14(16(18)19)9-17(6)15-8-7-11(3)12(4)13(15)5/h7-8,10,14H,9H2,1-6H3,(H,18,19). The van der Waals surface area contributed by atoms with Crippen molar-refractivity contribution in [2.24, 2.45) is 11.8 Å². The summed E-state index contributed by atoms with van der Waals surface area (Å²) in [6.45, 7) is 10.8. The Balaban J connectivity index is 2.98. The summed E-state index contributed by atoms with van der Waals surface area (Å²) in [5.41, 5.74) is 4.90. The van der Waals surface area contributed by atoms with Crippen molar-refractivity contribution in [3.63, 3.8) is 0 Å². The second-order valence-corrected chi connectivity index (χ2v) is 5.72. The number of aryl methyl sites for hydroxylation is 1. The van der Waals surface area contributed by atoms with Gasteiger partial charge in [-0.2, -0.15) is 0 Å². The minimum absolute atomic E-state index is 0.131. The Kier molecular flexibility index (Phi) is 4.98. The van der Waals surface area contributed by atoms with Crippen molar-refractivity contribution in [1.82, 2.24) is 0 Å². The van der Waals surface area contributed by atoms with Crippen molar-refractivity contribution in [1.29, 1.82) is 0 Å². The fraction of sp³-hybridized carbons (Fsp3) is 0.562. The van der Waals surface area contributed by atoms with Crippen LogP contribution in [0, 0.1) is 32.6 Å². The molecule has 3 nitrogen and oxygen atoms in total. The zero-order chi connectivity index (χ0) is 14.7. The zero-order valence-electron chi connectivity index (χ0n) is 12.8. The molecular weight excluding hydrogens is 238 g/mol. The lowest BCUT2D eigenvalue weighted by Gasteiger charge is -2.27. The van der Waals surface area contributed by atoms with Crippen molar-refractivity contribution >= 4 is 11.7 Å². The summed E-state index contributed by atoms with van der Waals surface area (Å²) in [7, 11) is 1.97. The summed E-state index contributed by atoms with van der Waals surface area (Å²) in [4.78, 5) is 13.3. The maximum absolute atomic E-state index is 11.3. The first-order valence-electron chi connectivity index (χ1n) is 6.76. The van der Waals surface area contributed by atoms with Crippen LogP contribution < -0.4 is 4.90 Å². The van der Waals surface area contributed by atoms with Gasteiger partial charge < -0.3 is 10.0 Å². The minimum Gasteiger partial charge on any atom is -0.481 e. The smallest absolute Gasteiger partial charge is 0.308 e. The summed E-state index contributed by atoms with van der Waals surface area (Å²) >= 11 is 0. The van der Waals surface area contributed by atoms with E-state index in [9.17, 15) is 9.90 Å². The second-order valence-electron chi connectivity index (χ2n) is 5.72. The van der Waals surface area contributed by atoms with E-state index < -0.39 is 5.97 Å². The van der Waals surface area contributed by atoms with Crippen LogP contribution in [0.15, 0.2) is 12.1 Å². The minimum atomic E-state index is -0.719. The highest BCUT2D eigenvalue weighted by atomic mass is 16.4. The molecule has 0 aliphatic carbocycles. The fourth-order valence-corrected chi connectivity index (χ4v) is 2.32. The second kappa shape index (κ2) is 6.09. The summed E-state index contributed by atoms with van der Waals surface area (Å²) in [6.07, 6.45) is 0. The van der Waals surface area contributed by atoms with Gasteiger partial charge >= 0.3 is 5.97 Å². The van der Waals surface area contributed by atoms with E-state index in [0.717, 1.165) is 5.69 Å². The Morgan fingerprint density at radius 3 is 2.26 bits per heavy atom. The molecule has 1 aromatic rings. The SMILES string of the molecule is Cc1ccc(N(C)CC(C(=O)O)C(C)C)c(C)c1C. The average molecular weight is 263 g/mol. The van der Waals surface area contributed by atoms with Gasteiger partial charge in [0.05, 0.1) is 5.92 Å². The highest BCUT2D eigenvalue weighted by Gasteiger charge is 2.23. The van der Waals surface area contributed by atoms with Crippen LogP contribution in [0.4, 0.5) is 5.69 Å². The van der Waals surface area contributed by atoms with Crippen LogP contribution in [0.25, 0.3) is 0 Å². The van der Waals surface area contributed by atoms with Gasteiger partial charge in [-0.25, -0.2) is 0 Å². The number of nitrogens with zero attached hydrogens (tertiary/aromatic N) is 1. The third kappa shape index (κ3) is 3.49. The molecule has 1 rings (SSSR count). The molecule has 1 aromatic carbocycles. The van der Waals surface area contributed by atoms with Gasteiger partial charge in [0.1, 0.15) is 0 Å². The summed E-state index contributed by atoms with van der Waals surface area (Å²) in [5, 5.41) is 9.28. The van der Waals surface area contributed by atoms with Gasteiger partial charge in [-0.1, -0.05) is 19.9 Å². The van der Waals surface area contributed by atoms with E-state index in [0.29, 0.717) is 6.54 Å². The molecule has 0 bridgehead atoms. The molecule has 1 atom stereocenters. The molecule has 0 spiro atoms. The quantitative estimate of drug-likeness (QED) is 0.885. The van der Waals surface area contributed by atoms with Crippen LogP contribution in [0.1, 0.15) is 30.5 Å². The lowest BCUT2D eigenvalue weighted by molar-refractivity contribution is -0.142. The molecule has 0 fully saturated rings. The first-order valence-corrected chi connectivity index (χ1v) is 6.76. The topological polar surface area (TPSA) is 40.5 Å². The van der Waals surface area contributed by atoms with Crippen molar-refractivity contribution in [3.8, 4) is 0 Å². The number of carboxylic acids is 1. The van der Waals surface area contributed by atoms with Gasteiger partial charge in [0, 0.05) is 19.3 Å². The number of anilines is 1. The molecule has 3 heteroatoms. The van der Waals surface area contributed by atoms with Gasteiger partial charge in [-0.15, -0.1) is 0 Å². The van der Waals surface area contributed by atoms with E-state index in [1.165, 1.54) is 16.7 Å². The highest BCUT2D eigenvalue weighted by molar-refractivity contribution is 5.71. The Hall–Kier alpha value is -1.51. The molecule has 0 aliphatic rings. The van der Waals surface area contributed by atoms with E-state index in [1.54, 1.807) is 0 Å². The molecule has 0 aliphatic heterocycles. The van der Waals surface area contributed by atoms with E-state index in [-0.39, 0.29) is 11.8 Å². The van der Waals surface area contributed by atoms with Gasteiger partial charge in [0.2, 0.25) is 0 Å². The number of hydrogen-bond acceptors (Lipinski definition) is 2. The van der Waals surface area contributed by atoms with E-state index >= 15 is 0 Å². The number of rotatable bonds is 5. The maximum atomic E-state index is 11.3. The Morgan fingerprint density at radius 1 is 1.21 bits per heavy atom. The monoisotopic (exact) mass is 263 g/mol. The maximum Gasteiger partial charge on any atom is 0.308 e. The predicted octanol–water partition coefficient (Wildman–Crippen LogP) is 3.40. The third-order valence-electron chi connectivity index (χ3n) is 4.03. The van der Waals surface area contributed by atoms with Crippen LogP contribution in [0.2, 0.25) is 0 Å². The van der Waals surface area contributed by atoms with Crippen molar-refractivity contribution in [2.75, 3.05) is 18.5 Å². The van der Waals surface area contributed by atoms with Gasteiger partial charge in [-0.3, -0.25) is 4.79 Å². The Labute approximate surface area is 116 Å². The molecule has 0 saturated heterocycles. The Bertz CT molecular complexity index is 466. The molecule has 0 amide bonds. The zero-order valence-corrected chi connectivity index (χ0v) is 12.8. The van der Waals surface area contributed by atoms with Crippen LogP contribution in [-0.2, 0) is 4.79 Å². The number of hydrogen-bond donors (Lipinski definition) is 1. The normalized spacial score (nSPS) is 12.6. The van der Waals surface area contributed by atoms with Crippen LogP contribution >= 0.6 is 0 Å². The van der Waals surface area contributed by atoms with Crippen LogP contribution in [0.5, 0.6) is 0 Å². The molecule has 0 radical (unpaired) electrons. The molecule has 0 saturated carbocycles. The lowest BCUT2D eigenvalue weighted by Crippen LogP contribution is -2.34. The van der Waals surface area contributed by atoms with E-state index in [4.69, 9.17) is 0 Å². The van der Waals surface area contributed by atoms with Crippen molar-refractivity contribution < 1.29 is 9.90 Å². The number of benzene rings is 1. The third-order valence-corrected chi connectivity index (χ3v) is 4.03. The summed E-state index contributed by atoms with van der Waals surface area (Å²) in [6, 6.07) is 4.18. The molecular formula is C16H25NO2. The number of aliphatic carboxylic acids is 1. The van der Waals surface area contributed by atoms with Crippen LogP contribution in [0.3, 0.4) is 0 Å². The largest absolute Gasteiger partial charge is 0.481 e. The number of carbonyl (C=O) groups is 1.